The normalized spacial score (nSPS) is 18.3. The first-order valence-electron chi connectivity index (χ1n) is 8.69. The largest absolute Gasteiger partial charge is 0.492 e. The van der Waals surface area contributed by atoms with Gasteiger partial charge in [-0.3, -0.25) is 4.90 Å². The number of hydrogen-bond acceptors (Lipinski definition) is 5. The van der Waals surface area contributed by atoms with Crippen LogP contribution < -0.4 is 10.4 Å². The zero-order valence-corrected chi connectivity index (χ0v) is 14.2. The van der Waals surface area contributed by atoms with Crippen LogP contribution in [-0.4, -0.2) is 42.4 Å². The van der Waals surface area contributed by atoms with Crippen molar-refractivity contribution in [1.82, 2.24) is 4.90 Å². The second-order valence-electron chi connectivity index (χ2n) is 6.45. The van der Waals surface area contributed by atoms with E-state index in [1.807, 2.05) is 19.1 Å². The highest BCUT2D eigenvalue weighted by molar-refractivity contribution is 5.81. The van der Waals surface area contributed by atoms with Gasteiger partial charge in [0, 0.05) is 36.7 Å². The van der Waals surface area contributed by atoms with E-state index >= 15 is 0 Å². The van der Waals surface area contributed by atoms with Gasteiger partial charge in [0.2, 0.25) is 0 Å². The van der Waals surface area contributed by atoms with Crippen LogP contribution in [-0.2, 0) is 0 Å². The van der Waals surface area contributed by atoms with Gasteiger partial charge >= 0.3 is 5.63 Å². The quantitative estimate of drug-likeness (QED) is 0.791. The van der Waals surface area contributed by atoms with Gasteiger partial charge in [-0.15, -0.1) is 0 Å². The van der Waals surface area contributed by atoms with Crippen molar-refractivity contribution >= 4 is 11.0 Å². The van der Waals surface area contributed by atoms with Crippen molar-refractivity contribution in [3.05, 3.63) is 40.2 Å². The molecule has 5 heteroatoms. The average molecular weight is 331 g/mol. The minimum atomic E-state index is -0.332. The Kier molecular flexibility index (Phi) is 5.53. The van der Waals surface area contributed by atoms with Crippen LogP contribution in [0.4, 0.5) is 0 Å². The first-order chi connectivity index (χ1) is 11.7. The van der Waals surface area contributed by atoms with Crippen LogP contribution in [0.3, 0.4) is 0 Å². The predicted molar refractivity (Wildman–Crippen MR) is 93.6 cm³/mol. The van der Waals surface area contributed by atoms with Crippen LogP contribution in [0, 0.1) is 6.92 Å². The number of benzene rings is 1. The summed E-state index contributed by atoms with van der Waals surface area (Å²) in [5.41, 5.74) is 1.15. The lowest BCUT2D eigenvalue weighted by Crippen LogP contribution is -2.33. The van der Waals surface area contributed by atoms with E-state index in [9.17, 15) is 4.79 Å². The van der Waals surface area contributed by atoms with Crippen molar-refractivity contribution in [2.75, 3.05) is 26.3 Å². The fourth-order valence-electron chi connectivity index (χ4n) is 3.52. The van der Waals surface area contributed by atoms with Crippen LogP contribution in [0.15, 0.2) is 33.5 Å². The molecular formula is C19H25NO4. The fraction of sp³-hybridized carbons (Fsp3) is 0.526. The molecule has 0 radical (unpaired) electrons. The Morgan fingerprint density at radius 3 is 3.08 bits per heavy atom. The van der Waals surface area contributed by atoms with E-state index in [4.69, 9.17) is 14.3 Å². The molecular weight excluding hydrogens is 306 g/mol. The van der Waals surface area contributed by atoms with Crippen LogP contribution in [0.2, 0.25) is 0 Å². The molecule has 1 saturated heterocycles. The third-order valence-electron chi connectivity index (χ3n) is 4.76. The molecule has 1 aliphatic heterocycles. The number of rotatable bonds is 7. The van der Waals surface area contributed by atoms with Crippen LogP contribution in [0.25, 0.3) is 11.0 Å². The molecule has 0 bridgehead atoms. The van der Waals surface area contributed by atoms with E-state index in [2.05, 4.69) is 4.90 Å². The summed E-state index contributed by atoms with van der Waals surface area (Å²) in [4.78, 5) is 13.9. The number of ether oxygens (including phenoxy) is 1. The van der Waals surface area contributed by atoms with Crippen molar-refractivity contribution in [2.45, 2.75) is 38.6 Å². The summed E-state index contributed by atoms with van der Waals surface area (Å²) in [6.45, 7) is 4.76. The Labute approximate surface area is 141 Å². The van der Waals surface area contributed by atoms with Gasteiger partial charge in [0.1, 0.15) is 17.9 Å². The number of hydrogen-bond donors (Lipinski definition) is 1. The van der Waals surface area contributed by atoms with Crippen LogP contribution >= 0.6 is 0 Å². The summed E-state index contributed by atoms with van der Waals surface area (Å²) in [6, 6.07) is 7.71. The first-order valence-corrected chi connectivity index (χ1v) is 8.69. The number of likely N-dealkylation sites (tertiary alicyclic amines) is 1. The maximum Gasteiger partial charge on any atom is 0.336 e. The fourth-order valence-corrected chi connectivity index (χ4v) is 3.52. The van der Waals surface area contributed by atoms with Crippen molar-refractivity contribution in [3.8, 4) is 5.75 Å². The van der Waals surface area contributed by atoms with Gasteiger partial charge in [-0.25, -0.2) is 4.79 Å². The smallest absolute Gasteiger partial charge is 0.336 e. The Morgan fingerprint density at radius 1 is 1.38 bits per heavy atom. The third kappa shape index (κ3) is 3.97. The van der Waals surface area contributed by atoms with Gasteiger partial charge < -0.3 is 14.3 Å². The van der Waals surface area contributed by atoms with Crippen molar-refractivity contribution in [3.63, 3.8) is 0 Å². The van der Waals surface area contributed by atoms with E-state index in [0.29, 0.717) is 18.2 Å². The summed E-state index contributed by atoms with van der Waals surface area (Å²) in [7, 11) is 0. The lowest BCUT2D eigenvalue weighted by molar-refractivity contribution is 0.180. The number of fused-ring (bicyclic) bond motifs is 1. The molecule has 5 nitrogen and oxygen atoms in total. The highest BCUT2D eigenvalue weighted by Gasteiger charge is 2.23. The lowest BCUT2D eigenvalue weighted by atomic mass is 10.1. The summed E-state index contributed by atoms with van der Waals surface area (Å²) < 4.78 is 11.1. The number of aliphatic hydroxyl groups excluding tert-OH is 1. The molecule has 0 spiro atoms. The minimum Gasteiger partial charge on any atom is -0.492 e. The average Bonchev–Trinajstić information content (AvgIpc) is 3.00. The van der Waals surface area contributed by atoms with E-state index in [-0.39, 0.29) is 12.2 Å². The molecule has 2 heterocycles. The predicted octanol–water partition coefficient (Wildman–Crippen LogP) is 2.72. The minimum absolute atomic E-state index is 0.266. The van der Waals surface area contributed by atoms with Gasteiger partial charge in [0.15, 0.2) is 0 Å². The Balaban J connectivity index is 1.58. The van der Waals surface area contributed by atoms with E-state index < -0.39 is 0 Å². The molecule has 0 aliphatic carbocycles. The van der Waals surface area contributed by atoms with Crippen LogP contribution in [0.1, 0.15) is 31.2 Å². The first kappa shape index (κ1) is 17.0. The van der Waals surface area contributed by atoms with Crippen molar-refractivity contribution in [2.24, 2.45) is 0 Å². The topological polar surface area (TPSA) is 62.9 Å². The molecule has 0 amide bonds. The van der Waals surface area contributed by atoms with Crippen molar-refractivity contribution in [1.29, 1.82) is 0 Å². The van der Waals surface area contributed by atoms with E-state index in [1.165, 1.54) is 18.9 Å². The van der Waals surface area contributed by atoms with Gasteiger partial charge in [0.25, 0.3) is 0 Å². The summed E-state index contributed by atoms with van der Waals surface area (Å²) in [6.07, 6.45) is 4.35. The zero-order valence-electron chi connectivity index (χ0n) is 14.2. The summed E-state index contributed by atoms with van der Waals surface area (Å²) >= 11 is 0. The molecule has 1 aromatic heterocycles. The number of aryl methyl sites for hydroxylation is 1. The highest BCUT2D eigenvalue weighted by Crippen LogP contribution is 2.23. The highest BCUT2D eigenvalue weighted by atomic mass is 16.5. The van der Waals surface area contributed by atoms with Gasteiger partial charge in [-0.2, -0.15) is 0 Å². The summed E-state index contributed by atoms with van der Waals surface area (Å²) in [5.74, 6) is 0.724. The maximum absolute atomic E-state index is 11.5. The molecule has 130 valence electrons. The Morgan fingerprint density at radius 2 is 2.25 bits per heavy atom. The molecule has 2 aromatic rings. The zero-order chi connectivity index (χ0) is 16.9. The van der Waals surface area contributed by atoms with Crippen LogP contribution in [0.5, 0.6) is 5.75 Å². The second kappa shape index (κ2) is 7.81. The Bertz CT molecular complexity index is 740. The van der Waals surface area contributed by atoms with Gasteiger partial charge in [-0.05, 0) is 56.8 Å². The molecule has 24 heavy (non-hydrogen) atoms. The van der Waals surface area contributed by atoms with Gasteiger partial charge in [-0.1, -0.05) is 0 Å². The molecule has 1 aromatic carbocycles. The Hall–Kier alpha value is -1.85. The number of aliphatic hydroxyl groups is 1. The SMILES string of the molecule is Cc1cc(=O)oc2cc(OCCN3CCCC3CCCO)ccc12. The lowest BCUT2D eigenvalue weighted by Gasteiger charge is -2.24. The molecule has 1 fully saturated rings. The monoisotopic (exact) mass is 331 g/mol. The van der Waals surface area contributed by atoms with E-state index in [1.54, 1.807) is 6.07 Å². The maximum atomic E-state index is 11.5. The molecule has 3 rings (SSSR count). The second-order valence-corrected chi connectivity index (χ2v) is 6.45. The van der Waals surface area contributed by atoms with Gasteiger partial charge in [0.05, 0.1) is 0 Å². The molecule has 1 unspecified atom stereocenters. The van der Waals surface area contributed by atoms with E-state index in [0.717, 1.165) is 42.6 Å². The summed E-state index contributed by atoms with van der Waals surface area (Å²) in [5, 5.41) is 9.92. The molecule has 1 aliphatic rings. The standard InChI is InChI=1S/C19H25NO4/c1-14-12-19(22)24-18-13-16(6-7-17(14)18)23-11-9-20-8-2-4-15(20)5-3-10-21/h6-7,12-13,15,21H,2-5,8-11H2,1H3. The van der Waals surface area contributed by atoms with Crippen molar-refractivity contribution < 1.29 is 14.3 Å². The number of nitrogens with zero attached hydrogens (tertiary/aromatic N) is 1. The molecule has 1 N–H and O–H groups in total. The molecule has 0 saturated carbocycles. The third-order valence-corrected chi connectivity index (χ3v) is 4.76. The molecule has 1 atom stereocenters.